The molecule has 2 atom stereocenters. The van der Waals surface area contributed by atoms with Gasteiger partial charge in [0, 0.05) is 37.4 Å². The number of aromatic nitrogens is 1. The summed E-state index contributed by atoms with van der Waals surface area (Å²) in [5, 5.41) is 3.63. The van der Waals surface area contributed by atoms with Gasteiger partial charge in [-0.15, -0.1) is 0 Å². The number of nitrogens with zero attached hydrogens (tertiary/aromatic N) is 2. The van der Waals surface area contributed by atoms with Crippen LogP contribution in [0.1, 0.15) is 32.2 Å². The Balaban J connectivity index is 2.02. The first-order valence-corrected chi connectivity index (χ1v) is 6.96. The Morgan fingerprint density at radius 2 is 2.22 bits per heavy atom. The van der Waals surface area contributed by atoms with Gasteiger partial charge in [-0.05, 0) is 31.9 Å². The Kier molecular flexibility index (Phi) is 4.36. The van der Waals surface area contributed by atoms with Crippen molar-refractivity contribution in [1.82, 2.24) is 15.2 Å². The van der Waals surface area contributed by atoms with Crippen LogP contribution in [-0.4, -0.2) is 35.1 Å². The van der Waals surface area contributed by atoms with Crippen LogP contribution in [0.25, 0.3) is 0 Å². The van der Waals surface area contributed by atoms with Gasteiger partial charge in [0.1, 0.15) is 0 Å². The lowest BCUT2D eigenvalue weighted by Crippen LogP contribution is -2.56. The van der Waals surface area contributed by atoms with E-state index in [4.69, 9.17) is 0 Å². The standard InChI is InChI=1S/C15H25N3/c1-11(2)15-10-18(13(4)8-16-15)9-14-7-5-6-12(3)17-14/h5-7,11,13,15-16H,8-10H2,1-4H3. The van der Waals surface area contributed by atoms with Crippen LogP contribution < -0.4 is 5.32 Å². The highest BCUT2D eigenvalue weighted by molar-refractivity contribution is 5.10. The number of hydrogen-bond acceptors (Lipinski definition) is 3. The fourth-order valence-electron chi connectivity index (χ4n) is 2.51. The van der Waals surface area contributed by atoms with E-state index in [1.54, 1.807) is 0 Å². The highest BCUT2D eigenvalue weighted by Gasteiger charge is 2.26. The van der Waals surface area contributed by atoms with Crippen molar-refractivity contribution in [3.63, 3.8) is 0 Å². The Hall–Kier alpha value is -0.930. The highest BCUT2D eigenvalue weighted by Crippen LogP contribution is 2.15. The van der Waals surface area contributed by atoms with Crippen LogP contribution in [-0.2, 0) is 6.54 Å². The maximum absolute atomic E-state index is 4.61. The Morgan fingerprint density at radius 1 is 1.44 bits per heavy atom. The van der Waals surface area contributed by atoms with Gasteiger partial charge in [-0.25, -0.2) is 0 Å². The zero-order chi connectivity index (χ0) is 13.1. The van der Waals surface area contributed by atoms with Crippen LogP contribution >= 0.6 is 0 Å². The second-order valence-corrected chi connectivity index (χ2v) is 5.81. The second kappa shape index (κ2) is 5.81. The van der Waals surface area contributed by atoms with Gasteiger partial charge in [0.25, 0.3) is 0 Å². The van der Waals surface area contributed by atoms with Crippen LogP contribution in [0.4, 0.5) is 0 Å². The molecule has 1 aliphatic heterocycles. The molecule has 0 radical (unpaired) electrons. The zero-order valence-electron chi connectivity index (χ0n) is 12.0. The molecule has 3 heteroatoms. The van der Waals surface area contributed by atoms with E-state index in [2.05, 4.69) is 61.1 Å². The van der Waals surface area contributed by atoms with Crippen molar-refractivity contribution in [3.8, 4) is 0 Å². The fourth-order valence-corrected chi connectivity index (χ4v) is 2.51. The predicted octanol–water partition coefficient (Wildman–Crippen LogP) is 2.21. The van der Waals surface area contributed by atoms with Gasteiger partial charge in [0.05, 0.1) is 5.69 Å². The van der Waals surface area contributed by atoms with Gasteiger partial charge < -0.3 is 5.32 Å². The van der Waals surface area contributed by atoms with Crippen molar-refractivity contribution in [2.24, 2.45) is 5.92 Å². The van der Waals surface area contributed by atoms with Gasteiger partial charge in [-0.3, -0.25) is 9.88 Å². The van der Waals surface area contributed by atoms with Crippen molar-refractivity contribution in [3.05, 3.63) is 29.6 Å². The van der Waals surface area contributed by atoms with Crippen molar-refractivity contribution in [2.75, 3.05) is 13.1 Å². The first kappa shape index (κ1) is 13.5. The molecule has 2 rings (SSSR count). The Bertz CT molecular complexity index is 389. The largest absolute Gasteiger partial charge is 0.311 e. The Labute approximate surface area is 111 Å². The molecule has 2 heterocycles. The van der Waals surface area contributed by atoms with Crippen molar-refractivity contribution in [1.29, 1.82) is 0 Å². The molecule has 2 unspecified atom stereocenters. The molecule has 100 valence electrons. The van der Waals surface area contributed by atoms with Crippen LogP contribution in [0.15, 0.2) is 18.2 Å². The predicted molar refractivity (Wildman–Crippen MR) is 75.5 cm³/mol. The number of aryl methyl sites for hydroxylation is 1. The molecule has 1 fully saturated rings. The quantitative estimate of drug-likeness (QED) is 0.887. The minimum atomic E-state index is 0.585. The van der Waals surface area contributed by atoms with Crippen molar-refractivity contribution < 1.29 is 0 Å². The molecule has 0 aliphatic carbocycles. The van der Waals surface area contributed by atoms with E-state index in [0.29, 0.717) is 18.0 Å². The SMILES string of the molecule is Cc1cccc(CN2CC(C(C)C)NCC2C)n1. The normalized spacial score (nSPS) is 25.6. The van der Waals surface area contributed by atoms with Crippen LogP contribution in [0.3, 0.4) is 0 Å². The topological polar surface area (TPSA) is 28.2 Å². The van der Waals surface area contributed by atoms with E-state index in [0.717, 1.165) is 25.3 Å². The monoisotopic (exact) mass is 247 g/mol. The number of rotatable bonds is 3. The summed E-state index contributed by atoms with van der Waals surface area (Å²) < 4.78 is 0. The second-order valence-electron chi connectivity index (χ2n) is 5.81. The van der Waals surface area contributed by atoms with E-state index < -0.39 is 0 Å². The summed E-state index contributed by atoms with van der Waals surface area (Å²) in [5.74, 6) is 0.686. The van der Waals surface area contributed by atoms with Crippen LogP contribution in [0.2, 0.25) is 0 Å². The molecule has 1 saturated heterocycles. The highest BCUT2D eigenvalue weighted by atomic mass is 15.2. The number of piperazine rings is 1. The third-order valence-corrected chi connectivity index (χ3v) is 3.85. The van der Waals surface area contributed by atoms with E-state index >= 15 is 0 Å². The molecule has 0 bridgehead atoms. The minimum Gasteiger partial charge on any atom is -0.311 e. The number of nitrogens with one attached hydrogen (secondary N) is 1. The summed E-state index contributed by atoms with van der Waals surface area (Å²) in [5.41, 5.74) is 2.29. The van der Waals surface area contributed by atoms with Gasteiger partial charge >= 0.3 is 0 Å². The van der Waals surface area contributed by atoms with Gasteiger partial charge in [-0.1, -0.05) is 19.9 Å². The summed E-state index contributed by atoms with van der Waals surface area (Å²) in [7, 11) is 0. The first-order valence-electron chi connectivity index (χ1n) is 6.96. The fraction of sp³-hybridized carbons (Fsp3) is 0.667. The van der Waals surface area contributed by atoms with Gasteiger partial charge in [0.2, 0.25) is 0 Å². The molecule has 1 aromatic rings. The van der Waals surface area contributed by atoms with E-state index in [-0.39, 0.29) is 0 Å². The Morgan fingerprint density at radius 3 is 2.89 bits per heavy atom. The molecule has 0 aromatic carbocycles. The smallest absolute Gasteiger partial charge is 0.0547 e. The zero-order valence-corrected chi connectivity index (χ0v) is 12.0. The van der Waals surface area contributed by atoms with E-state index in [1.165, 1.54) is 5.69 Å². The summed E-state index contributed by atoms with van der Waals surface area (Å²) in [6.45, 7) is 12.1. The van der Waals surface area contributed by atoms with E-state index in [1.807, 2.05) is 0 Å². The summed E-state index contributed by atoms with van der Waals surface area (Å²) in [4.78, 5) is 7.15. The molecule has 1 aliphatic rings. The number of hydrogen-bond donors (Lipinski definition) is 1. The molecule has 1 N–H and O–H groups in total. The lowest BCUT2D eigenvalue weighted by atomic mass is 9.99. The maximum atomic E-state index is 4.61. The van der Waals surface area contributed by atoms with E-state index in [9.17, 15) is 0 Å². The molecule has 1 aromatic heterocycles. The lowest BCUT2D eigenvalue weighted by Gasteiger charge is -2.40. The molecule has 0 saturated carbocycles. The third-order valence-electron chi connectivity index (χ3n) is 3.85. The summed E-state index contributed by atoms with van der Waals surface area (Å²) >= 11 is 0. The summed E-state index contributed by atoms with van der Waals surface area (Å²) in [6, 6.07) is 7.48. The minimum absolute atomic E-state index is 0.585. The molecular weight excluding hydrogens is 222 g/mol. The molecule has 3 nitrogen and oxygen atoms in total. The molecule has 0 spiro atoms. The maximum Gasteiger partial charge on any atom is 0.0547 e. The summed E-state index contributed by atoms with van der Waals surface area (Å²) in [6.07, 6.45) is 0. The van der Waals surface area contributed by atoms with Gasteiger partial charge in [0.15, 0.2) is 0 Å². The van der Waals surface area contributed by atoms with Crippen LogP contribution in [0, 0.1) is 12.8 Å². The lowest BCUT2D eigenvalue weighted by molar-refractivity contribution is 0.115. The van der Waals surface area contributed by atoms with Crippen LogP contribution in [0.5, 0.6) is 0 Å². The average Bonchev–Trinajstić information content (AvgIpc) is 2.31. The third kappa shape index (κ3) is 3.30. The average molecular weight is 247 g/mol. The molecule has 0 amide bonds. The van der Waals surface area contributed by atoms with Gasteiger partial charge in [-0.2, -0.15) is 0 Å². The molecule has 18 heavy (non-hydrogen) atoms. The van der Waals surface area contributed by atoms with Crippen molar-refractivity contribution >= 4 is 0 Å². The number of pyridine rings is 1. The molecular formula is C15H25N3. The first-order chi connectivity index (χ1) is 8.56. The van der Waals surface area contributed by atoms with Crippen molar-refractivity contribution in [2.45, 2.75) is 46.3 Å².